The van der Waals surface area contributed by atoms with Gasteiger partial charge in [-0.15, -0.1) is 0 Å². The molecule has 122 valence electrons. The maximum absolute atomic E-state index is 12.1. The summed E-state index contributed by atoms with van der Waals surface area (Å²) < 4.78 is 16.2. The van der Waals surface area contributed by atoms with E-state index in [0.717, 1.165) is 17.1 Å². The molecule has 0 aliphatic carbocycles. The van der Waals surface area contributed by atoms with Gasteiger partial charge in [-0.1, -0.05) is 6.07 Å². The topological polar surface area (TPSA) is 77.9 Å². The maximum atomic E-state index is 12.1. The number of benzene rings is 1. The van der Waals surface area contributed by atoms with Crippen molar-refractivity contribution < 1.29 is 18.7 Å². The Morgan fingerprint density at radius 3 is 2.52 bits per heavy atom. The number of hydrogen-bond acceptors (Lipinski definition) is 5. The van der Waals surface area contributed by atoms with Crippen LogP contribution in [0.2, 0.25) is 0 Å². The molecule has 1 aromatic carbocycles. The van der Waals surface area contributed by atoms with E-state index < -0.39 is 6.04 Å². The van der Waals surface area contributed by atoms with Crippen LogP contribution in [0.5, 0.6) is 11.5 Å². The molecule has 1 aromatic heterocycles. The van der Waals surface area contributed by atoms with Gasteiger partial charge in [-0.2, -0.15) is 0 Å². The van der Waals surface area contributed by atoms with E-state index in [4.69, 9.17) is 19.6 Å². The summed E-state index contributed by atoms with van der Waals surface area (Å²) in [7, 11) is 3.17. The van der Waals surface area contributed by atoms with Crippen LogP contribution in [0.1, 0.15) is 23.1 Å². The quantitative estimate of drug-likeness (QED) is 0.854. The summed E-state index contributed by atoms with van der Waals surface area (Å²) in [6.07, 6.45) is 0. The first-order chi connectivity index (χ1) is 11.0. The number of methoxy groups -OCH3 is 2. The van der Waals surface area contributed by atoms with E-state index >= 15 is 0 Å². The van der Waals surface area contributed by atoms with Crippen molar-refractivity contribution in [3.8, 4) is 11.5 Å². The van der Waals surface area contributed by atoms with Gasteiger partial charge >= 0.3 is 0 Å². The van der Waals surface area contributed by atoms with Crippen molar-refractivity contribution in [2.75, 3.05) is 14.2 Å². The fourth-order valence-corrected chi connectivity index (χ4v) is 2.87. The summed E-state index contributed by atoms with van der Waals surface area (Å²) in [6.45, 7) is 2.31. The van der Waals surface area contributed by atoms with Crippen LogP contribution in [0, 0.1) is 6.92 Å². The molecule has 0 radical (unpaired) electrons. The highest BCUT2D eigenvalue weighted by atomic mass is 16.5. The van der Waals surface area contributed by atoms with E-state index in [1.54, 1.807) is 19.1 Å². The van der Waals surface area contributed by atoms with Crippen LogP contribution < -0.4 is 15.2 Å². The number of carbonyl (C=O) groups excluding carboxylic acids is 1. The zero-order valence-electron chi connectivity index (χ0n) is 13.4. The standard InChI is InChI=1S/C17H20N2O4/c1-10-4-6-13(23-10)16-15(18)17(20)19(16)9-11-5-7-12(21-2)14(8-11)22-3/h4-8,15-16H,9,18H2,1-3H3/t15-,16+/m1/s1. The largest absolute Gasteiger partial charge is 0.493 e. The minimum absolute atomic E-state index is 0.0844. The Balaban J connectivity index is 1.82. The van der Waals surface area contributed by atoms with E-state index in [1.165, 1.54) is 0 Å². The molecule has 1 saturated heterocycles. The summed E-state index contributed by atoms with van der Waals surface area (Å²) >= 11 is 0. The molecule has 2 atom stereocenters. The minimum Gasteiger partial charge on any atom is -0.493 e. The number of amides is 1. The third-order valence-electron chi connectivity index (χ3n) is 4.10. The Labute approximate surface area is 134 Å². The van der Waals surface area contributed by atoms with Gasteiger partial charge in [-0.05, 0) is 36.8 Å². The second-order valence-electron chi connectivity index (χ2n) is 5.57. The molecule has 6 nitrogen and oxygen atoms in total. The fourth-order valence-electron chi connectivity index (χ4n) is 2.87. The summed E-state index contributed by atoms with van der Waals surface area (Å²) in [5, 5.41) is 0. The molecular formula is C17H20N2O4. The molecule has 1 aliphatic heterocycles. The highest BCUT2D eigenvalue weighted by Crippen LogP contribution is 2.37. The molecule has 3 rings (SSSR count). The first kappa shape index (κ1) is 15.4. The molecule has 2 heterocycles. The molecule has 2 aromatic rings. The third-order valence-corrected chi connectivity index (χ3v) is 4.10. The van der Waals surface area contributed by atoms with E-state index in [1.807, 2.05) is 37.3 Å². The summed E-state index contributed by atoms with van der Waals surface area (Å²) in [5.74, 6) is 2.72. The predicted octanol–water partition coefficient (Wildman–Crippen LogP) is 2.02. The Bertz CT molecular complexity index is 725. The van der Waals surface area contributed by atoms with Crippen molar-refractivity contribution in [1.29, 1.82) is 0 Å². The SMILES string of the molecule is COc1ccc(CN2C(=O)[C@H](N)[C@@H]2c2ccc(C)o2)cc1OC. The zero-order chi connectivity index (χ0) is 16.6. The van der Waals surface area contributed by atoms with Crippen LogP contribution in [-0.2, 0) is 11.3 Å². The van der Waals surface area contributed by atoms with Crippen LogP contribution in [-0.4, -0.2) is 31.1 Å². The van der Waals surface area contributed by atoms with Crippen LogP contribution in [0.25, 0.3) is 0 Å². The van der Waals surface area contributed by atoms with Gasteiger partial charge in [0.2, 0.25) is 5.91 Å². The first-order valence-electron chi connectivity index (χ1n) is 7.38. The lowest BCUT2D eigenvalue weighted by atomic mass is 9.92. The normalized spacial score (nSPS) is 20.3. The van der Waals surface area contributed by atoms with Gasteiger partial charge in [0, 0.05) is 6.54 Å². The number of nitrogens with two attached hydrogens (primary N) is 1. The van der Waals surface area contributed by atoms with Gasteiger partial charge in [0.25, 0.3) is 0 Å². The lowest BCUT2D eigenvalue weighted by Crippen LogP contribution is -2.62. The Kier molecular flexibility index (Phi) is 4.00. The number of aryl methyl sites for hydroxylation is 1. The molecule has 1 amide bonds. The molecule has 0 unspecified atom stereocenters. The number of rotatable bonds is 5. The number of nitrogens with zero attached hydrogens (tertiary/aromatic N) is 1. The molecule has 6 heteroatoms. The molecule has 23 heavy (non-hydrogen) atoms. The van der Waals surface area contributed by atoms with E-state index in [2.05, 4.69) is 0 Å². The number of hydrogen-bond donors (Lipinski definition) is 1. The van der Waals surface area contributed by atoms with Crippen LogP contribution in [0.15, 0.2) is 34.7 Å². The lowest BCUT2D eigenvalue weighted by molar-refractivity contribution is -0.151. The summed E-state index contributed by atoms with van der Waals surface area (Å²) in [6, 6.07) is 8.55. The highest BCUT2D eigenvalue weighted by molar-refractivity contribution is 5.89. The van der Waals surface area contributed by atoms with Gasteiger partial charge < -0.3 is 24.5 Å². The van der Waals surface area contributed by atoms with Gasteiger partial charge in [-0.3, -0.25) is 4.79 Å². The number of furan rings is 1. The van der Waals surface area contributed by atoms with Crippen LogP contribution in [0.3, 0.4) is 0 Å². The number of β-lactam (4-membered cyclic amide) rings is 1. The lowest BCUT2D eigenvalue weighted by Gasteiger charge is -2.44. The van der Waals surface area contributed by atoms with Crippen LogP contribution >= 0.6 is 0 Å². The summed E-state index contributed by atoms with van der Waals surface area (Å²) in [5.41, 5.74) is 6.90. The molecule has 1 fully saturated rings. The second-order valence-corrected chi connectivity index (χ2v) is 5.57. The Hall–Kier alpha value is -2.47. The van der Waals surface area contributed by atoms with Crippen molar-refractivity contribution >= 4 is 5.91 Å². The van der Waals surface area contributed by atoms with Crippen molar-refractivity contribution in [1.82, 2.24) is 4.90 Å². The molecule has 0 spiro atoms. The van der Waals surface area contributed by atoms with Crippen molar-refractivity contribution in [2.45, 2.75) is 25.6 Å². The number of likely N-dealkylation sites (tertiary alicyclic amines) is 1. The smallest absolute Gasteiger partial charge is 0.243 e. The molecule has 2 N–H and O–H groups in total. The minimum atomic E-state index is -0.555. The monoisotopic (exact) mass is 316 g/mol. The molecule has 0 saturated carbocycles. The van der Waals surface area contributed by atoms with Gasteiger partial charge in [0.15, 0.2) is 11.5 Å². The van der Waals surface area contributed by atoms with Gasteiger partial charge in [-0.25, -0.2) is 0 Å². The van der Waals surface area contributed by atoms with E-state index in [9.17, 15) is 4.79 Å². The molecular weight excluding hydrogens is 296 g/mol. The van der Waals surface area contributed by atoms with Crippen molar-refractivity contribution in [3.63, 3.8) is 0 Å². The Morgan fingerprint density at radius 1 is 1.17 bits per heavy atom. The van der Waals surface area contributed by atoms with Crippen molar-refractivity contribution in [3.05, 3.63) is 47.4 Å². The highest BCUT2D eigenvalue weighted by Gasteiger charge is 2.47. The number of carbonyl (C=O) groups is 1. The molecule has 1 aliphatic rings. The maximum Gasteiger partial charge on any atom is 0.243 e. The average Bonchev–Trinajstić information content (AvgIpc) is 2.99. The zero-order valence-corrected chi connectivity index (χ0v) is 13.4. The fraction of sp³-hybridized carbons (Fsp3) is 0.353. The average molecular weight is 316 g/mol. The van der Waals surface area contributed by atoms with Crippen LogP contribution in [0.4, 0.5) is 0 Å². The van der Waals surface area contributed by atoms with Gasteiger partial charge in [0.05, 0.1) is 14.2 Å². The van der Waals surface area contributed by atoms with E-state index in [-0.39, 0.29) is 11.9 Å². The Morgan fingerprint density at radius 2 is 1.91 bits per heavy atom. The van der Waals surface area contributed by atoms with E-state index in [0.29, 0.717) is 18.0 Å². The second kappa shape index (κ2) is 5.96. The first-order valence-corrected chi connectivity index (χ1v) is 7.38. The molecule has 0 bridgehead atoms. The number of ether oxygens (including phenoxy) is 2. The van der Waals surface area contributed by atoms with Crippen molar-refractivity contribution in [2.24, 2.45) is 5.73 Å². The van der Waals surface area contributed by atoms with Gasteiger partial charge in [0.1, 0.15) is 23.6 Å². The summed E-state index contributed by atoms with van der Waals surface area (Å²) in [4.78, 5) is 13.8. The third kappa shape index (κ3) is 2.66. The predicted molar refractivity (Wildman–Crippen MR) is 84.3 cm³/mol.